The van der Waals surface area contributed by atoms with Crippen molar-refractivity contribution < 1.29 is 40.6 Å². The quantitative estimate of drug-likeness (QED) is 0.482. The Morgan fingerprint density at radius 2 is 1.53 bits per heavy atom. The number of halogens is 6. The minimum Gasteiger partial charge on any atom is -0.485 e. The molecule has 5 nitrogen and oxygen atoms in total. The number of nitrogens with zero attached hydrogens (tertiary/aromatic N) is 1. The Morgan fingerprint density at radius 1 is 0.875 bits per heavy atom. The van der Waals surface area contributed by atoms with Crippen LogP contribution in [0, 0.1) is 0 Å². The van der Waals surface area contributed by atoms with Crippen LogP contribution in [-0.2, 0) is 11.4 Å². The molecule has 168 valence electrons. The highest BCUT2D eigenvalue weighted by Gasteiger charge is 2.39. The van der Waals surface area contributed by atoms with E-state index in [1.165, 1.54) is 24.3 Å². The number of carbonyl (C=O) groups is 1. The number of alkyl halides is 6. The van der Waals surface area contributed by atoms with Crippen molar-refractivity contribution in [2.24, 2.45) is 0 Å². The molecule has 0 unspecified atom stereocenters. The third kappa shape index (κ3) is 6.37. The topological polar surface area (TPSA) is 60.5 Å². The number of benzene rings is 2. The van der Waals surface area contributed by atoms with Gasteiger partial charge in [0.15, 0.2) is 11.6 Å². The molecule has 1 amide bonds. The molecule has 0 aliphatic carbocycles. The molecule has 1 N–H and O–H groups in total. The number of rotatable bonds is 6. The molecule has 1 heterocycles. The number of anilines is 1. The zero-order chi connectivity index (χ0) is 23.4. The van der Waals surface area contributed by atoms with Crippen LogP contribution in [0.2, 0.25) is 0 Å². The van der Waals surface area contributed by atoms with Crippen LogP contribution in [0.25, 0.3) is 11.3 Å². The van der Waals surface area contributed by atoms with E-state index in [1.807, 2.05) is 0 Å². The van der Waals surface area contributed by atoms with Crippen molar-refractivity contribution in [1.29, 1.82) is 0 Å². The Morgan fingerprint density at radius 3 is 2.12 bits per heavy atom. The van der Waals surface area contributed by atoms with Gasteiger partial charge in [-0.3, -0.25) is 10.1 Å². The van der Waals surface area contributed by atoms with Gasteiger partial charge in [-0.05, 0) is 42.0 Å². The van der Waals surface area contributed by atoms with Gasteiger partial charge < -0.3 is 9.47 Å². The lowest BCUT2D eigenvalue weighted by molar-refractivity contribution is -0.274. The molecular weight excluding hydrogens is 442 g/mol. The van der Waals surface area contributed by atoms with Crippen molar-refractivity contribution >= 4 is 11.7 Å². The van der Waals surface area contributed by atoms with E-state index in [0.717, 1.165) is 17.7 Å². The Labute approximate surface area is 177 Å². The molecule has 3 rings (SSSR count). The maximum absolute atomic E-state index is 12.7. The van der Waals surface area contributed by atoms with E-state index in [9.17, 15) is 31.1 Å². The third-order valence-corrected chi connectivity index (χ3v) is 3.97. The van der Waals surface area contributed by atoms with Crippen molar-refractivity contribution in [2.75, 3.05) is 5.32 Å². The van der Waals surface area contributed by atoms with Gasteiger partial charge in [0, 0.05) is 5.56 Å². The van der Waals surface area contributed by atoms with Gasteiger partial charge in [-0.15, -0.1) is 13.2 Å². The fraction of sp³-hybridized carbons (Fsp3) is 0.143. The molecule has 2 aromatic carbocycles. The van der Waals surface area contributed by atoms with Crippen LogP contribution in [0.4, 0.5) is 32.2 Å². The molecule has 0 radical (unpaired) electrons. The van der Waals surface area contributed by atoms with Gasteiger partial charge >= 0.3 is 18.4 Å². The van der Waals surface area contributed by atoms with E-state index in [4.69, 9.17) is 4.74 Å². The highest BCUT2D eigenvalue weighted by molar-refractivity contribution is 5.95. The summed E-state index contributed by atoms with van der Waals surface area (Å²) in [4.78, 5) is 15.4. The number of nitrogens with one attached hydrogen (secondary N) is 1. The van der Waals surface area contributed by atoms with Gasteiger partial charge in [0.2, 0.25) is 0 Å². The van der Waals surface area contributed by atoms with Crippen LogP contribution in [0.5, 0.6) is 11.5 Å². The summed E-state index contributed by atoms with van der Waals surface area (Å²) in [5, 5.41) is 1.67. The molecule has 0 saturated carbocycles. The summed E-state index contributed by atoms with van der Waals surface area (Å²) >= 11 is 0. The van der Waals surface area contributed by atoms with Crippen LogP contribution in [0.3, 0.4) is 0 Å². The lowest BCUT2D eigenvalue weighted by atomic mass is 10.1. The largest absolute Gasteiger partial charge is 0.573 e. The van der Waals surface area contributed by atoms with E-state index in [1.54, 1.807) is 35.6 Å². The second-order valence-electron chi connectivity index (χ2n) is 6.34. The number of carbonyl (C=O) groups excluding carboxylic acids is 1. The number of pyridine rings is 1. The van der Waals surface area contributed by atoms with Crippen molar-refractivity contribution in [3.05, 3.63) is 72.3 Å². The van der Waals surface area contributed by atoms with Crippen molar-refractivity contribution in [3.63, 3.8) is 0 Å². The molecular formula is C21H14F6N2O3. The normalized spacial score (nSPS) is 11.7. The Bertz CT molecular complexity index is 1070. The lowest BCUT2D eigenvalue weighted by Crippen LogP contribution is -2.30. The van der Waals surface area contributed by atoms with Crippen molar-refractivity contribution in [1.82, 2.24) is 4.98 Å². The maximum Gasteiger partial charge on any atom is 0.573 e. The average Bonchev–Trinajstić information content (AvgIpc) is 2.72. The van der Waals surface area contributed by atoms with E-state index in [2.05, 4.69) is 9.72 Å². The SMILES string of the molecule is O=C(Nc1nc(-c2ccc(OC(F)(F)F)cc2)ccc1OCc1ccccc1)C(F)(F)F. The highest BCUT2D eigenvalue weighted by Crippen LogP contribution is 2.31. The van der Waals surface area contributed by atoms with Gasteiger partial charge in [0.25, 0.3) is 0 Å². The van der Waals surface area contributed by atoms with E-state index in [-0.39, 0.29) is 23.6 Å². The smallest absolute Gasteiger partial charge is 0.485 e. The Hall–Kier alpha value is -3.76. The fourth-order valence-electron chi connectivity index (χ4n) is 2.55. The van der Waals surface area contributed by atoms with E-state index < -0.39 is 30.0 Å². The van der Waals surface area contributed by atoms with E-state index in [0.29, 0.717) is 0 Å². The minimum atomic E-state index is -5.16. The van der Waals surface area contributed by atoms with Gasteiger partial charge in [-0.25, -0.2) is 4.98 Å². The average molecular weight is 456 g/mol. The second-order valence-corrected chi connectivity index (χ2v) is 6.34. The monoisotopic (exact) mass is 456 g/mol. The van der Waals surface area contributed by atoms with E-state index >= 15 is 0 Å². The molecule has 3 aromatic rings. The molecule has 11 heteroatoms. The van der Waals surface area contributed by atoms with Crippen LogP contribution in [0.15, 0.2) is 66.7 Å². The summed E-state index contributed by atoms with van der Waals surface area (Å²) in [7, 11) is 0. The van der Waals surface area contributed by atoms with Gasteiger partial charge in [0.05, 0.1) is 5.69 Å². The molecule has 1 aromatic heterocycles. The zero-order valence-electron chi connectivity index (χ0n) is 16.0. The third-order valence-electron chi connectivity index (χ3n) is 3.97. The van der Waals surface area contributed by atoms with Gasteiger partial charge in [0.1, 0.15) is 12.4 Å². The number of hydrogen-bond acceptors (Lipinski definition) is 4. The minimum absolute atomic E-state index is 0.000231. The summed E-state index contributed by atoms with van der Waals surface area (Å²) in [5.74, 6) is -3.33. The summed E-state index contributed by atoms with van der Waals surface area (Å²) < 4.78 is 84.4. The first kappa shape index (κ1) is 22.9. The summed E-state index contributed by atoms with van der Waals surface area (Å²) in [6.07, 6.45) is -10.0. The lowest BCUT2D eigenvalue weighted by Gasteiger charge is -2.14. The Balaban J connectivity index is 1.87. The molecule has 0 atom stereocenters. The second kappa shape index (κ2) is 9.16. The number of hydrogen-bond donors (Lipinski definition) is 1. The highest BCUT2D eigenvalue weighted by atomic mass is 19.4. The van der Waals surface area contributed by atoms with Gasteiger partial charge in [-0.1, -0.05) is 30.3 Å². The molecule has 0 spiro atoms. The van der Waals surface area contributed by atoms with Crippen LogP contribution < -0.4 is 14.8 Å². The van der Waals surface area contributed by atoms with Crippen LogP contribution in [-0.4, -0.2) is 23.4 Å². The molecule has 0 aliphatic heterocycles. The number of aromatic nitrogens is 1. The maximum atomic E-state index is 12.7. The fourth-order valence-corrected chi connectivity index (χ4v) is 2.55. The predicted octanol–water partition coefficient (Wildman–Crippen LogP) is 5.73. The van der Waals surface area contributed by atoms with Gasteiger partial charge in [-0.2, -0.15) is 13.2 Å². The zero-order valence-corrected chi connectivity index (χ0v) is 16.0. The van der Waals surface area contributed by atoms with Crippen LogP contribution in [0.1, 0.15) is 5.56 Å². The molecule has 0 aliphatic rings. The predicted molar refractivity (Wildman–Crippen MR) is 102 cm³/mol. The summed E-state index contributed by atoms with van der Waals surface area (Å²) in [6, 6.07) is 16.0. The number of amides is 1. The molecule has 32 heavy (non-hydrogen) atoms. The first-order valence-corrected chi connectivity index (χ1v) is 8.93. The van der Waals surface area contributed by atoms with Crippen LogP contribution >= 0.6 is 0 Å². The van der Waals surface area contributed by atoms with Crippen molar-refractivity contribution in [3.8, 4) is 22.8 Å². The molecule has 0 bridgehead atoms. The Kier molecular flexibility index (Phi) is 6.56. The first-order chi connectivity index (χ1) is 15.0. The number of ether oxygens (including phenoxy) is 2. The van der Waals surface area contributed by atoms with Crippen molar-refractivity contribution in [2.45, 2.75) is 19.1 Å². The summed E-state index contributed by atoms with van der Waals surface area (Å²) in [6.45, 7) is 0.000231. The molecule has 0 saturated heterocycles. The first-order valence-electron chi connectivity index (χ1n) is 8.93. The standard InChI is InChI=1S/C21H14F6N2O3/c22-20(23,24)19(30)29-18-17(31-12-13-4-2-1-3-5-13)11-10-16(28-18)14-6-8-15(9-7-14)32-21(25,26)27/h1-11H,12H2,(H,28,29,30). The molecule has 0 fully saturated rings. The summed E-state index contributed by atoms with van der Waals surface area (Å²) in [5.41, 5.74) is 1.09.